The van der Waals surface area contributed by atoms with Crippen LogP contribution in [0.1, 0.15) is 57.6 Å². The highest BCUT2D eigenvalue weighted by Gasteiger charge is 2.24. The predicted molar refractivity (Wildman–Crippen MR) is 75.7 cm³/mol. The van der Waals surface area contributed by atoms with Crippen molar-refractivity contribution in [2.75, 3.05) is 0 Å². The minimum atomic E-state index is 0.0834. The molecule has 2 unspecified atom stereocenters. The molecule has 1 aromatic rings. The van der Waals surface area contributed by atoms with E-state index in [-0.39, 0.29) is 6.04 Å². The third-order valence-corrected chi connectivity index (χ3v) is 4.07. The Balaban J connectivity index is 2.12. The minimum absolute atomic E-state index is 0.0834. The number of nitrogens with two attached hydrogens (primary N) is 1. The van der Waals surface area contributed by atoms with E-state index in [9.17, 15) is 0 Å². The highest BCUT2D eigenvalue weighted by molar-refractivity contribution is 5.35. The van der Waals surface area contributed by atoms with Crippen molar-refractivity contribution in [2.24, 2.45) is 11.7 Å². The summed E-state index contributed by atoms with van der Waals surface area (Å²) in [7, 11) is 0. The molecule has 2 N–H and O–H groups in total. The van der Waals surface area contributed by atoms with Crippen LogP contribution in [0.5, 0.6) is 5.75 Å². The minimum Gasteiger partial charge on any atom is -0.490 e. The van der Waals surface area contributed by atoms with E-state index in [0.717, 1.165) is 17.7 Å². The second kappa shape index (κ2) is 6.24. The molecule has 1 aliphatic rings. The fourth-order valence-corrected chi connectivity index (χ4v) is 2.73. The first-order valence-corrected chi connectivity index (χ1v) is 7.23. The zero-order valence-corrected chi connectivity index (χ0v) is 11.6. The standard InChI is InChI=1S/C16H25NO/c1-3-14(17)13-9-5-7-11-16(13)18-15-10-6-4-8-12(15)2/h5,7,9,11-12,14-15H,3-4,6,8,10,17H2,1-2H3/t12?,14-,15?/m1/s1. The van der Waals surface area contributed by atoms with Crippen molar-refractivity contribution in [1.29, 1.82) is 0 Å². The molecule has 0 heterocycles. The molecule has 100 valence electrons. The number of rotatable bonds is 4. The van der Waals surface area contributed by atoms with Gasteiger partial charge >= 0.3 is 0 Å². The van der Waals surface area contributed by atoms with Gasteiger partial charge in [0.1, 0.15) is 11.9 Å². The van der Waals surface area contributed by atoms with Crippen LogP contribution in [0.25, 0.3) is 0 Å². The van der Waals surface area contributed by atoms with E-state index in [0.29, 0.717) is 12.0 Å². The topological polar surface area (TPSA) is 35.2 Å². The van der Waals surface area contributed by atoms with Gasteiger partial charge in [-0.1, -0.05) is 38.5 Å². The van der Waals surface area contributed by atoms with E-state index in [4.69, 9.17) is 10.5 Å². The van der Waals surface area contributed by atoms with E-state index >= 15 is 0 Å². The van der Waals surface area contributed by atoms with Crippen molar-refractivity contribution >= 4 is 0 Å². The van der Waals surface area contributed by atoms with E-state index in [2.05, 4.69) is 26.0 Å². The van der Waals surface area contributed by atoms with Crippen LogP contribution in [0.3, 0.4) is 0 Å². The Morgan fingerprint density at radius 2 is 2.00 bits per heavy atom. The van der Waals surface area contributed by atoms with E-state index in [1.54, 1.807) is 0 Å². The smallest absolute Gasteiger partial charge is 0.124 e. The molecule has 2 heteroatoms. The summed E-state index contributed by atoms with van der Waals surface area (Å²) in [5, 5.41) is 0. The monoisotopic (exact) mass is 247 g/mol. The summed E-state index contributed by atoms with van der Waals surface area (Å²) in [5.74, 6) is 1.65. The molecule has 1 aliphatic carbocycles. The maximum Gasteiger partial charge on any atom is 0.124 e. The molecule has 2 nitrogen and oxygen atoms in total. The van der Waals surface area contributed by atoms with E-state index in [1.807, 2.05) is 12.1 Å². The summed E-state index contributed by atoms with van der Waals surface area (Å²) < 4.78 is 6.24. The van der Waals surface area contributed by atoms with Crippen molar-refractivity contribution in [3.8, 4) is 5.75 Å². The lowest BCUT2D eigenvalue weighted by Gasteiger charge is -2.30. The average molecular weight is 247 g/mol. The maximum absolute atomic E-state index is 6.24. The molecule has 1 aromatic carbocycles. The van der Waals surface area contributed by atoms with Crippen LogP contribution in [0.2, 0.25) is 0 Å². The third kappa shape index (κ3) is 3.05. The summed E-state index contributed by atoms with van der Waals surface area (Å²) in [6.45, 7) is 4.41. The third-order valence-electron chi connectivity index (χ3n) is 4.07. The van der Waals surface area contributed by atoms with Crippen molar-refractivity contribution in [3.63, 3.8) is 0 Å². The Morgan fingerprint density at radius 1 is 1.28 bits per heavy atom. The molecule has 0 aliphatic heterocycles. The number of benzene rings is 1. The lowest BCUT2D eigenvalue weighted by atomic mass is 9.88. The number of hydrogen-bond donors (Lipinski definition) is 1. The Kier molecular flexibility index (Phi) is 4.65. The highest BCUT2D eigenvalue weighted by Crippen LogP contribution is 2.31. The van der Waals surface area contributed by atoms with Gasteiger partial charge in [-0.25, -0.2) is 0 Å². The molecule has 0 amide bonds. The van der Waals surface area contributed by atoms with Gasteiger partial charge < -0.3 is 10.5 Å². The Hall–Kier alpha value is -1.02. The van der Waals surface area contributed by atoms with Crippen LogP contribution < -0.4 is 10.5 Å². The van der Waals surface area contributed by atoms with Gasteiger partial charge in [-0.3, -0.25) is 0 Å². The summed E-state index contributed by atoms with van der Waals surface area (Å²) in [5.41, 5.74) is 7.31. The zero-order chi connectivity index (χ0) is 13.0. The molecule has 2 rings (SSSR count). The fraction of sp³-hybridized carbons (Fsp3) is 0.625. The predicted octanol–water partition coefficient (Wildman–Crippen LogP) is 4.05. The van der Waals surface area contributed by atoms with Crippen LogP contribution in [-0.4, -0.2) is 6.10 Å². The molecule has 18 heavy (non-hydrogen) atoms. The number of para-hydroxylation sites is 1. The SMILES string of the molecule is CC[C@@H](N)c1ccccc1OC1CCCCC1C. The van der Waals surface area contributed by atoms with Gasteiger partial charge in [0.15, 0.2) is 0 Å². The molecule has 0 spiro atoms. The first kappa shape index (κ1) is 13.4. The summed E-state index contributed by atoms with van der Waals surface area (Å²) in [4.78, 5) is 0. The Bertz CT molecular complexity index is 377. The lowest BCUT2D eigenvalue weighted by Crippen LogP contribution is -2.29. The van der Waals surface area contributed by atoms with E-state index < -0.39 is 0 Å². The van der Waals surface area contributed by atoms with Gasteiger partial charge in [0.25, 0.3) is 0 Å². The average Bonchev–Trinajstić information content (AvgIpc) is 2.41. The van der Waals surface area contributed by atoms with Crippen molar-refractivity contribution < 1.29 is 4.74 Å². The van der Waals surface area contributed by atoms with Crippen molar-refractivity contribution in [2.45, 2.75) is 58.1 Å². The van der Waals surface area contributed by atoms with Gasteiger partial charge in [0.05, 0.1) is 0 Å². The molecular formula is C16H25NO. The van der Waals surface area contributed by atoms with Crippen LogP contribution in [0.15, 0.2) is 24.3 Å². The second-order valence-electron chi connectivity index (χ2n) is 5.47. The number of hydrogen-bond acceptors (Lipinski definition) is 2. The molecular weight excluding hydrogens is 222 g/mol. The van der Waals surface area contributed by atoms with E-state index in [1.165, 1.54) is 25.7 Å². The normalized spacial score (nSPS) is 25.7. The van der Waals surface area contributed by atoms with Gasteiger partial charge in [0.2, 0.25) is 0 Å². The van der Waals surface area contributed by atoms with Crippen LogP contribution >= 0.6 is 0 Å². The lowest BCUT2D eigenvalue weighted by molar-refractivity contribution is 0.101. The first-order chi connectivity index (χ1) is 8.72. The largest absolute Gasteiger partial charge is 0.490 e. The maximum atomic E-state index is 6.24. The zero-order valence-electron chi connectivity index (χ0n) is 11.6. The summed E-state index contributed by atoms with van der Waals surface area (Å²) >= 11 is 0. The van der Waals surface area contributed by atoms with Crippen LogP contribution in [0, 0.1) is 5.92 Å². The highest BCUT2D eigenvalue weighted by atomic mass is 16.5. The van der Waals surface area contributed by atoms with Gasteiger partial charge in [-0.2, -0.15) is 0 Å². The summed E-state index contributed by atoms with van der Waals surface area (Å²) in [6.07, 6.45) is 6.40. The molecule has 0 saturated heterocycles. The molecule has 0 bridgehead atoms. The van der Waals surface area contributed by atoms with Crippen molar-refractivity contribution in [1.82, 2.24) is 0 Å². The van der Waals surface area contributed by atoms with Crippen LogP contribution in [-0.2, 0) is 0 Å². The van der Waals surface area contributed by atoms with Gasteiger partial charge in [0, 0.05) is 11.6 Å². The van der Waals surface area contributed by atoms with Gasteiger partial charge in [-0.15, -0.1) is 0 Å². The van der Waals surface area contributed by atoms with Crippen molar-refractivity contribution in [3.05, 3.63) is 29.8 Å². The quantitative estimate of drug-likeness (QED) is 0.871. The summed E-state index contributed by atoms with van der Waals surface area (Å²) in [6, 6.07) is 8.32. The fourth-order valence-electron chi connectivity index (χ4n) is 2.73. The Morgan fingerprint density at radius 3 is 2.72 bits per heavy atom. The molecule has 0 radical (unpaired) electrons. The second-order valence-corrected chi connectivity index (χ2v) is 5.47. The molecule has 1 fully saturated rings. The molecule has 1 saturated carbocycles. The van der Waals surface area contributed by atoms with Gasteiger partial charge in [-0.05, 0) is 37.7 Å². The van der Waals surface area contributed by atoms with Crippen LogP contribution in [0.4, 0.5) is 0 Å². The first-order valence-electron chi connectivity index (χ1n) is 7.23. The number of ether oxygens (including phenoxy) is 1. The Labute approximate surface area is 111 Å². The molecule has 0 aromatic heterocycles. The molecule has 3 atom stereocenters.